The van der Waals surface area contributed by atoms with Gasteiger partial charge in [0, 0.05) is 13.0 Å². The molecule has 1 saturated heterocycles. The molecule has 0 bridgehead atoms. The molecule has 2 N–H and O–H groups in total. The van der Waals surface area contributed by atoms with Crippen molar-refractivity contribution in [3.8, 4) is 6.01 Å². The molecule has 1 aliphatic heterocycles. The van der Waals surface area contributed by atoms with Crippen LogP contribution in [0.15, 0.2) is 12.4 Å². The largest absolute Gasteiger partial charge is 0.467 e. The van der Waals surface area contributed by atoms with Gasteiger partial charge in [-0.15, -0.1) is 0 Å². The molecule has 18 heavy (non-hydrogen) atoms. The molecule has 1 aliphatic rings. The summed E-state index contributed by atoms with van der Waals surface area (Å²) in [5.41, 5.74) is 0.423. The van der Waals surface area contributed by atoms with Crippen LogP contribution in [0.4, 0.5) is 5.69 Å². The fraction of sp³-hybridized carbons (Fsp3) is 0.444. The molecule has 0 aliphatic carbocycles. The molecule has 0 radical (unpaired) electrons. The number of rotatable bonds is 3. The summed E-state index contributed by atoms with van der Waals surface area (Å²) in [6.07, 6.45) is 2.68. The van der Waals surface area contributed by atoms with E-state index < -0.39 is 15.3 Å². The summed E-state index contributed by atoms with van der Waals surface area (Å²) in [5, 5.41) is 4.15. The second-order valence-electron chi connectivity index (χ2n) is 3.85. The summed E-state index contributed by atoms with van der Waals surface area (Å²) < 4.78 is 27.2. The van der Waals surface area contributed by atoms with E-state index >= 15 is 0 Å². The minimum absolute atomic E-state index is 0.0212. The number of nitrogens with two attached hydrogens (primary N) is 1. The molecule has 9 heteroatoms. The topological polar surface area (TPSA) is 115 Å². The van der Waals surface area contributed by atoms with Crippen molar-refractivity contribution in [2.45, 2.75) is 11.7 Å². The molecule has 0 saturated carbocycles. The van der Waals surface area contributed by atoms with Crippen molar-refractivity contribution in [2.75, 3.05) is 18.6 Å². The van der Waals surface area contributed by atoms with Gasteiger partial charge in [0.05, 0.1) is 25.2 Å². The highest BCUT2D eigenvalue weighted by Crippen LogP contribution is 2.23. The van der Waals surface area contributed by atoms with E-state index in [0.29, 0.717) is 5.69 Å². The van der Waals surface area contributed by atoms with Crippen LogP contribution in [0.3, 0.4) is 0 Å². The van der Waals surface area contributed by atoms with E-state index in [0.717, 1.165) is 0 Å². The molecular weight excluding hydrogens is 260 g/mol. The molecule has 1 aromatic heterocycles. The normalized spacial score (nSPS) is 20.2. The Kier molecular flexibility index (Phi) is 3.18. The lowest BCUT2D eigenvalue weighted by atomic mass is 10.4. The van der Waals surface area contributed by atoms with E-state index in [9.17, 15) is 13.2 Å². The number of hydrogen-bond acceptors (Lipinski definition) is 6. The molecule has 1 amide bonds. The van der Waals surface area contributed by atoms with Crippen molar-refractivity contribution in [3.63, 3.8) is 0 Å². The van der Waals surface area contributed by atoms with Gasteiger partial charge in [0.25, 0.3) is 0 Å². The van der Waals surface area contributed by atoms with Gasteiger partial charge in [-0.1, -0.05) is 0 Å². The first-order chi connectivity index (χ1) is 8.41. The molecule has 8 nitrogen and oxygen atoms in total. The molecule has 2 rings (SSSR count). The minimum atomic E-state index is -3.72. The Bertz CT molecular complexity index is 556. The molecule has 2 heterocycles. The number of ether oxygens (including phenoxy) is 1. The molecule has 0 aromatic carbocycles. The van der Waals surface area contributed by atoms with Gasteiger partial charge < -0.3 is 9.64 Å². The minimum Gasteiger partial charge on any atom is -0.467 e. The maximum Gasteiger partial charge on any atom is 0.316 e. The third-order valence-corrected chi connectivity index (χ3v) is 3.91. The van der Waals surface area contributed by atoms with Crippen LogP contribution in [0.5, 0.6) is 6.01 Å². The first kappa shape index (κ1) is 12.7. The average Bonchev–Trinajstić information content (AvgIpc) is 2.71. The summed E-state index contributed by atoms with van der Waals surface area (Å²) in [4.78, 5) is 20.7. The fourth-order valence-corrected chi connectivity index (χ4v) is 2.43. The first-order valence-electron chi connectivity index (χ1n) is 5.10. The lowest BCUT2D eigenvalue weighted by Crippen LogP contribution is -2.32. The van der Waals surface area contributed by atoms with Gasteiger partial charge in [0.1, 0.15) is 5.25 Å². The Morgan fingerprint density at radius 1 is 1.44 bits per heavy atom. The van der Waals surface area contributed by atoms with Crippen molar-refractivity contribution in [1.29, 1.82) is 0 Å². The van der Waals surface area contributed by atoms with Crippen molar-refractivity contribution in [1.82, 2.24) is 9.97 Å². The third kappa shape index (κ3) is 2.41. The summed E-state index contributed by atoms with van der Waals surface area (Å²) in [6, 6.07) is 0.174. The van der Waals surface area contributed by atoms with E-state index in [1.165, 1.54) is 24.4 Å². The van der Waals surface area contributed by atoms with Crippen LogP contribution in [-0.4, -0.2) is 43.2 Å². The average molecular weight is 272 g/mol. The molecule has 1 aromatic rings. The number of methoxy groups -OCH3 is 1. The molecular formula is C9H12N4O4S. The SMILES string of the molecule is COc1ncc(N2CC(S(N)(=O)=O)CC2=O)cn1. The zero-order chi connectivity index (χ0) is 13.3. The zero-order valence-corrected chi connectivity index (χ0v) is 10.4. The van der Waals surface area contributed by atoms with E-state index in [1.54, 1.807) is 0 Å². The van der Waals surface area contributed by atoms with Gasteiger partial charge in [0.15, 0.2) is 0 Å². The zero-order valence-electron chi connectivity index (χ0n) is 9.61. The number of carbonyl (C=O) groups excluding carboxylic acids is 1. The van der Waals surface area contributed by atoms with Crippen LogP contribution >= 0.6 is 0 Å². The van der Waals surface area contributed by atoms with Crippen LogP contribution in [0.25, 0.3) is 0 Å². The maximum atomic E-state index is 11.7. The van der Waals surface area contributed by atoms with Crippen LogP contribution in [0.2, 0.25) is 0 Å². The van der Waals surface area contributed by atoms with E-state index in [-0.39, 0.29) is 24.9 Å². The second kappa shape index (κ2) is 4.50. The first-order valence-corrected chi connectivity index (χ1v) is 6.71. The van der Waals surface area contributed by atoms with Gasteiger partial charge in [-0.05, 0) is 0 Å². The molecule has 1 atom stereocenters. The molecule has 1 fully saturated rings. The summed E-state index contributed by atoms with van der Waals surface area (Å²) in [7, 11) is -2.29. The van der Waals surface area contributed by atoms with Crippen molar-refractivity contribution >= 4 is 21.6 Å². The van der Waals surface area contributed by atoms with Crippen molar-refractivity contribution in [3.05, 3.63) is 12.4 Å². The van der Waals surface area contributed by atoms with Gasteiger partial charge in [0.2, 0.25) is 15.9 Å². The van der Waals surface area contributed by atoms with E-state index in [2.05, 4.69) is 9.97 Å². The Balaban J connectivity index is 2.21. The number of amides is 1. The van der Waals surface area contributed by atoms with Gasteiger partial charge in [-0.3, -0.25) is 4.79 Å². The Morgan fingerprint density at radius 3 is 2.50 bits per heavy atom. The van der Waals surface area contributed by atoms with E-state index in [4.69, 9.17) is 9.88 Å². The van der Waals surface area contributed by atoms with Crippen LogP contribution in [0.1, 0.15) is 6.42 Å². The quantitative estimate of drug-likeness (QED) is 0.745. The van der Waals surface area contributed by atoms with Gasteiger partial charge >= 0.3 is 6.01 Å². The highest BCUT2D eigenvalue weighted by Gasteiger charge is 2.37. The number of nitrogens with zero attached hydrogens (tertiary/aromatic N) is 3. The second-order valence-corrected chi connectivity index (χ2v) is 5.69. The van der Waals surface area contributed by atoms with Crippen LogP contribution in [-0.2, 0) is 14.8 Å². The smallest absolute Gasteiger partial charge is 0.316 e. The highest BCUT2D eigenvalue weighted by molar-refractivity contribution is 7.89. The van der Waals surface area contributed by atoms with Crippen molar-refractivity contribution in [2.24, 2.45) is 5.14 Å². The summed E-state index contributed by atoms with van der Waals surface area (Å²) >= 11 is 0. The van der Waals surface area contributed by atoms with Crippen molar-refractivity contribution < 1.29 is 17.9 Å². The number of sulfonamides is 1. The number of primary sulfonamides is 1. The summed E-state index contributed by atoms with van der Waals surface area (Å²) in [6.45, 7) is 0.0212. The van der Waals surface area contributed by atoms with Crippen LogP contribution < -0.4 is 14.8 Å². The monoisotopic (exact) mass is 272 g/mol. The van der Waals surface area contributed by atoms with Crippen LogP contribution in [0, 0.1) is 0 Å². The Hall–Kier alpha value is -1.74. The molecule has 0 spiro atoms. The fourth-order valence-electron chi connectivity index (χ4n) is 1.70. The Morgan fingerprint density at radius 2 is 2.06 bits per heavy atom. The summed E-state index contributed by atoms with van der Waals surface area (Å²) in [5.74, 6) is -0.317. The predicted octanol–water partition coefficient (Wildman–Crippen LogP) is -1.12. The predicted molar refractivity (Wildman–Crippen MR) is 62.4 cm³/mol. The van der Waals surface area contributed by atoms with E-state index in [1.807, 2.05) is 0 Å². The number of carbonyl (C=O) groups is 1. The maximum absolute atomic E-state index is 11.7. The Labute approximate surface area is 104 Å². The standard InChI is InChI=1S/C9H12N4O4S/c1-17-9-11-3-6(4-12-9)13-5-7(2-8(13)14)18(10,15)16/h3-4,7H,2,5H2,1H3,(H2,10,15,16). The lowest BCUT2D eigenvalue weighted by molar-refractivity contribution is -0.117. The highest BCUT2D eigenvalue weighted by atomic mass is 32.2. The molecule has 1 unspecified atom stereocenters. The lowest BCUT2D eigenvalue weighted by Gasteiger charge is -2.15. The number of hydrogen-bond donors (Lipinski definition) is 1. The van der Waals surface area contributed by atoms with Gasteiger partial charge in [-0.25, -0.2) is 23.5 Å². The number of anilines is 1. The molecule has 98 valence electrons. The van der Waals surface area contributed by atoms with Gasteiger partial charge in [-0.2, -0.15) is 0 Å². The third-order valence-electron chi connectivity index (χ3n) is 2.66. The number of aromatic nitrogens is 2.